The smallest absolute Gasteiger partial charge is 0.306 e. The predicted molar refractivity (Wildman–Crippen MR) is 82.7 cm³/mol. The number of hydrogen-bond acceptors (Lipinski definition) is 4. The molecule has 1 saturated carbocycles. The summed E-state index contributed by atoms with van der Waals surface area (Å²) in [5.74, 6) is 0.364. The number of amides is 1. The number of benzene rings is 1. The maximum atomic E-state index is 12.2. The van der Waals surface area contributed by atoms with E-state index in [4.69, 9.17) is 14.6 Å². The minimum Gasteiger partial charge on any atom is -0.486 e. The molecule has 6 nitrogen and oxygen atoms in total. The van der Waals surface area contributed by atoms with E-state index < -0.39 is 5.97 Å². The molecule has 0 saturated heterocycles. The van der Waals surface area contributed by atoms with E-state index in [2.05, 4.69) is 5.32 Å². The van der Waals surface area contributed by atoms with Gasteiger partial charge in [-0.2, -0.15) is 0 Å². The van der Waals surface area contributed by atoms with Gasteiger partial charge in [0.25, 0.3) is 0 Å². The Labute approximate surface area is 134 Å². The minimum absolute atomic E-state index is 0.0412. The molecule has 1 aromatic rings. The van der Waals surface area contributed by atoms with Crippen LogP contribution in [0.2, 0.25) is 0 Å². The van der Waals surface area contributed by atoms with Crippen LogP contribution in [0.15, 0.2) is 18.2 Å². The lowest BCUT2D eigenvalue weighted by Crippen LogP contribution is -2.39. The molecule has 0 aromatic heterocycles. The van der Waals surface area contributed by atoms with Crippen molar-refractivity contribution in [2.24, 2.45) is 5.92 Å². The first-order chi connectivity index (χ1) is 11.1. The second-order valence-corrected chi connectivity index (χ2v) is 6.11. The lowest BCUT2D eigenvalue weighted by molar-refractivity contribution is -0.142. The van der Waals surface area contributed by atoms with Crippen molar-refractivity contribution < 1.29 is 24.2 Å². The van der Waals surface area contributed by atoms with Gasteiger partial charge >= 0.3 is 5.97 Å². The van der Waals surface area contributed by atoms with Crippen LogP contribution in [0, 0.1) is 5.92 Å². The average Bonchev–Trinajstić information content (AvgIpc) is 2.55. The Hall–Kier alpha value is -2.24. The van der Waals surface area contributed by atoms with Gasteiger partial charge in [-0.1, -0.05) is 6.07 Å². The monoisotopic (exact) mass is 319 g/mol. The molecule has 6 heteroatoms. The van der Waals surface area contributed by atoms with Gasteiger partial charge in [0.05, 0.1) is 12.3 Å². The molecular weight excluding hydrogens is 298 g/mol. The van der Waals surface area contributed by atoms with Crippen molar-refractivity contribution in [1.29, 1.82) is 0 Å². The number of carboxylic acids is 1. The van der Waals surface area contributed by atoms with Gasteiger partial charge in [-0.05, 0) is 43.4 Å². The maximum Gasteiger partial charge on any atom is 0.306 e. The lowest BCUT2D eigenvalue weighted by Gasteiger charge is -2.27. The zero-order chi connectivity index (χ0) is 16.2. The summed E-state index contributed by atoms with van der Waals surface area (Å²) in [5, 5.41) is 12.0. The topological polar surface area (TPSA) is 84.9 Å². The van der Waals surface area contributed by atoms with Crippen LogP contribution >= 0.6 is 0 Å². The zero-order valence-corrected chi connectivity index (χ0v) is 12.9. The van der Waals surface area contributed by atoms with Crippen molar-refractivity contribution in [3.05, 3.63) is 23.8 Å². The fourth-order valence-electron chi connectivity index (χ4n) is 3.15. The minimum atomic E-state index is -0.731. The fourth-order valence-corrected chi connectivity index (χ4v) is 3.15. The van der Waals surface area contributed by atoms with Crippen LogP contribution in [0.1, 0.15) is 31.2 Å². The van der Waals surface area contributed by atoms with E-state index in [1.807, 2.05) is 18.2 Å². The third kappa shape index (κ3) is 3.94. The first-order valence-corrected chi connectivity index (χ1v) is 8.02. The van der Waals surface area contributed by atoms with E-state index in [1.54, 1.807) is 0 Å². The van der Waals surface area contributed by atoms with E-state index in [-0.39, 0.29) is 24.3 Å². The van der Waals surface area contributed by atoms with Gasteiger partial charge in [0, 0.05) is 6.04 Å². The van der Waals surface area contributed by atoms with Crippen molar-refractivity contribution in [3.8, 4) is 11.5 Å². The number of hydrogen-bond donors (Lipinski definition) is 2. The molecule has 2 aliphatic rings. The largest absolute Gasteiger partial charge is 0.486 e. The van der Waals surface area contributed by atoms with Crippen LogP contribution in [-0.4, -0.2) is 36.2 Å². The average molecular weight is 319 g/mol. The molecule has 0 bridgehead atoms. The van der Waals surface area contributed by atoms with Crippen molar-refractivity contribution in [2.45, 2.75) is 38.1 Å². The number of aliphatic carboxylic acids is 1. The van der Waals surface area contributed by atoms with Gasteiger partial charge in [0.2, 0.25) is 5.91 Å². The molecule has 1 fully saturated rings. The van der Waals surface area contributed by atoms with E-state index in [0.717, 1.165) is 18.4 Å². The second kappa shape index (κ2) is 6.89. The van der Waals surface area contributed by atoms with Gasteiger partial charge in [-0.25, -0.2) is 0 Å². The maximum absolute atomic E-state index is 12.2. The summed E-state index contributed by atoms with van der Waals surface area (Å²) < 4.78 is 11.0. The Kier molecular flexibility index (Phi) is 4.69. The molecule has 1 aliphatic carbocycles. The normalized spacial score (nSPS) is 23.1. The predicted octanol–water partition coefficient (Wildman–Crippen LogP) is 1.76. The van der Waals surface area contributed by atoms with Gasteiger partial charge in [-0.15, -0.1) is 0 Å². The highest BCUT2D eigenvalue weighted by atomic mass is 16.6. The van der Waals surface area contributed by atoms with E-state index in [9.17, 15) is 9.59 Å². The van der Waals surface area contributed by atoms with Crippen LogP contribution < -0.4 is 14.8 Å². The molecule has 0 unspecified atom stereocenters. The number of fused-ring (bicyclic) bond motifs is 1. The Morgan fingerprint density at radius 2 is 1.78 bits per heavy atom. The highest BCUT2D eigenvalue weighted by Gasteiger charge is 2.26. The number of nitrogens with one attached hydrogen (secondary N) is 1. The first kappa shape index (κ1) is 15.6. The molecule has 3 rings (SSSR count). The van der Waals surface area contributed by atoms with Gasteiger partial charge in [0.15, 0.2) is 11.5 Å². The molecule has 124 valence electrons. The number of ether oxygens (including phenoxy) is 2. The van der Waals surface area contributed by atoms with Gasteiger partial charge in [-0.3, -0.25) is 9.59 Å². The molecular formula is C17H21NO5. The van der Waals surface area contributed by atoms with Crippen LogP contribution in [0.25, 0.3) is 0 Å². The van der Waals surface area contributed by atoms with Crippen LogP contribution in [-0.2, 0) is 16.0 Å². The molecule has 1 heterocycles. The second-order valence-electron chi connectivity index (χ2n) is 6.11. The number of carbonyl (C=O) groups is 2. The molecule has 0 radical (unpaired) electrons. The molecule has 0 atom stereocenters. The molecule has 1 aromatic carbocycles. The Morgan fingerprint density at radius 3 is 2.48 bits per heavy atom. The van der Waals surface area contributed by atoms with Crippen molar-refractivity contribution in [2.75, 3.05) is 13.2 Å². The Bertz CT molecular complexity index is 593. The van der Waals surface area contributed by atoms with Crippen LogP contribution in [0.5, 0.6) is 11.5 Å². The van der Waals surface area contributed by atoms with Gasteiger partial charge < -0.3 is 19.9 Å². The molecule has 1 amide bonds. The van der Waals surface area contributed by atoms with E-state index in [0.29, 0.717) is 37.6 Å². The summed E-state index contributed by atoms with van der Waals surface area (Å²) in [4.78, 5) is 23.1. The third-order valence-corrected chi connectivity index (χ3v) is 4.41. The fraction of sp³-hybridized carbons (Fsp3) is 0.529. The van der Waals surface area contributed by atoms with Crippen molar-refractivity contribution in [1.82, 2.24) is 5.32 Å². The van der Waals surface area contributed by atoms with E-state index >= 15 is 0 Å². The Morgan fingerprint density at radius 1 is 1.09 bits per heavy atom. The summed E-state index contributed by atoms with van der Waals surface area (Å²) in [6.45, 7) is 1.07. The summed E-state index contributed by atoms with van der Waals surface area (Å²) >= 11 is 0. The SMILES string of the molecule is O=C(Cc1ccc2c(c1)OCCO2)NC1CCC(C(=O)O)CC1. The summed E-state index contributed by atoms with van der Waals surface area (Å²) in [7, 11) is 0. The molecule has 0 spiro atoms. The summed E-state index contributed by atoms with van der Waals surface area (Å²) in [6.07, 6.45) is 3.00. The van der Waals surface area contributed by atoms with Crippen LogP contribution in [0.4, 0.5) is 0 Å². The standard InChI is InChI=1S/C17H21NO5/c19-16(18-13-4-2-12(3-5-13)17(20)21)10-11-1-6-14-15(9-11)23-8-7-22-14/h1,6,9,12-13H,2-5,7-8,10H2,(H,18,19)(H,20,21). The highest BCUT2D eigenvalue weighted by Crippen LogP contribution is 2.31. The van der Waals surface area contributed by atoms with Crippen molar-refractivity contribution >= 4 is 11.9 Å². The number of rotatable bonds is 4. The van der Waals surface area contributed by atoms with Gasteiger partial charge in [0.1, 0.15) is 13.2 Å². The quantitative estimate of drug-likeness (QED) is 0.883. The summed E-state index contributed by atoms with van der Waals surface area (Å²) in [6, 6.07) is 5.62. The number of carbonyl (C=O) groups excluding carboxylic acids is 1. The van der Waals surface area contributed by atoms with Crippen LogP contribution in [0.3, 0.4) is 0 Å². The van der Waals surface area contributed by atoms with E-state index in [1.165, 1.54) is 0 Å². The molecule has 2 N–H and O–H groups in total. The zero-order valence-electron chi connectivity index (χ0n) is 12.9. The lowest BCUT2D eigenvalue weighted by atomic mass is 9.86. The number of carboxylic acid groups (broad SMARTS) is 1. The Balaban J connectivity index is 1.51. The highest BCUT2D eigenvalue weighted by molar-refractivity contribution is 5.79. The molecule has 23 heavy (non-hydrogen) atoms. The van der Waals surface area contributed by atoms with Crippen molar-refractivity contribution in [3.63, 3.8) is 0 Å². The first-order valence-electron chi connectivity index (χ1n) is 8.02. The summed E-state index contributed by atoms with van der Waals surface area (Å²) in [5.41, 5.74) is 0.881. The third-order valence-electron chi connectivity index (χ3n) is 4.41. The molecule has 1 aliphatic heterocycles.